The van der Waals surface area contributed by atoms with E-state index in [0.717, 1.165) is 17.0 Å². The molecule has 0 radical (unpaired) electrons. The van der Waals surface area contributed by atoms with E-state index in [1.165, 1.54) is 0 Å². The van der Waals surface area contributed by atoms with Gasteiger partial charge in [-0.15, -0.1) is 0 Å². The third-order valence-electron chi connectivity index (χ3n) is 1.79. The fourth-order valence-corrected chi connectivity index (χ4v) is 1.22. The number of furan rings is 1. The molecule has 13 heavy (non-hydrogen) atoms. The van der Waals surface area contributed by atoms with Crippen LogP contribution in [0.2, 0.25) is 0 Å². The molecular formula is C9H10N2O2. The highest BCUT2D eigenvalue weighted by atomic mass is 16.5. The molecule has 0 saturated heterocycles. The SMILES string of the molecule is COCc1ccoc1-c1cnc[nH]1. The molecule has 4 nitrogen and oxygen atoms in total. The van der Waals surface area contributed by atoms with E-state index >= 15 is 0 Å². The Balaban J connectivity index is 2.35. The number of hydrogen-bond donors (Lipinski definition) is 1. The van der Waals surface area contributed by atoms with E-state index in [-0.39, 0.29) is 0 Å². The number of hydrogen-bond acceptors (Lipinski definition) is 3. The Morgan fingerprint density at radius 2 is 2.54 bits per heavy atom. The zero-order valence-corrected chi connectivity index (χ0v) is 7.28. The number of nitrogens with zero attached hydrogens (tertiary/aromatic N) is 1. The average molecular weight is 178 g/mol. The topological polar surface area (TPSA) is 51.1 Å². The molecule has 4 heteroatoms. The fourth-order valence-electron chi connectivity index (χ4n) is 1.22. The molecule has 1 N–H and O–H groups in total. The first-order chi connectivity index (χ1) is 6.42. The zero-order chi connectivity index (χ0) is 9.10. The number of aromatic amines is 1. The molecule has 0 aromatic carbocycles. The lowest BCUT2D eigenvalue weighted by Crippen LogP contribution is -1.87. The fraction of sp³-hybridized carbons (Fsp3) is 0.222. The van der Waals surface area contributed by atoms with Crippen molar-refractivity contribution in [2.45, 2.75) is 6.61 Å². The molecule has 0 aliphatic carbocycles. The predicted octanol–water partition coefficient (Wildman–Crippen LogP) is 1.82. The summed E-state index contributed by atoms with van der Waals surface area (Å²) in [5, 5.41) is 0. The predicted molar refractivity (Wildman–Crippen MR) is 47.0 cm³/mol. The van der Waals surface area contributed by atoms with Crippen molar-refractivity contribution in [2.75, 3.05) is 7.11 Å². The largest absolute Gasteiger partial charge is 0.462 e. The van der Waals surface area contributed by atoms with Gasteiger partial charge in [0.25, 0.3) is 0 Å². The minimum atomic E-state index is 0.546. The van der Waals surface area contributed by atoms with Gasteiger partial charge in [0.2, 0.25) is 0 Å². The van der Waals surface area contributed by atoms with Gasteiger partial charge in [-0.25, -0.2) is 4.98 Å². The van der Waals surface area contributed by atoms with Crippen LogP contribution in [-0.4, -0.2) is 17.1 Å². The maximum absolute atomic E-state index is 5.31. The Kier molecular flexibility index (Phi) is 2.14. The number of H-pyrrole nitrogens is 1. The van der Waals surface area contributed by atoms with Gasteiger partial charge in [0.05, 0.1) is 25.4 Å². The molecule has 0 aliphatic rings. The van der Waals surface area contributed by atoms with Gasteiger partial charge in [-0.05, 0) is 6.07 Å². The lowest BCUT2D eigenvalue weighted by Gasteiger charge is -1.97. The van der Waals surface area contributed by atoms with E-state index in [1.807, 2.05) is 6.07 Å². The molecule has 0 atom stereocenters. The van der Waals surface area contributed by atoms with Crippen molar-refractivity contribution in [3.05, 3.63) is 30.4 Å². The van der Waals surface area contributed by atoms with Crippen LogP contribution in [0, 0.1) is 0 Å². The molecule has 0 spiro atoms. The lowest BCUT2D eigenvalue weighted by molar-refractivity contribution is 0.185. The highest BCUT2D eigenvalue weighted by Crippen LogP contribution is 2.22. The second-order valence-electron chi connectivity index (χ2n) is 2.67. The minimum Gasteiger partial charge on any atom is -0.462 e. The smallest absolute Gasteiger partial charge is 0.157 e. The van der Waals surface area contributed by atoms with Gasteiger partial charge in [0.1, 0.15) is 5.69 Å². The van der Waals surface area contributed by atoms with Crippen LogP contribution in [0.4, 0.5) is 0 Å². The summed E-state index contributed by atoms with van der Waals surface area (Å²) in [6.07, 6.45) is 4.98. The van der Waals surface area contributed by atoms with Crippen LogP contribution in [0.25, 0.3) is 11.5 Å². The van der Waals surface area contributed by atoms with E-state index in [2.05, 4.69) is 9.97 Å². The molecule has 2 aromatic heterocycles. The summed E-state index contributed by atoms with van der Waals surface area (Å²) in [5.74, 6) is 0.791. The van der Waals surface area contributed by atoms with Gasteiger partial charge in [-0.2, -0.15) is 0 Å². The van der Waals surface area contributed by atoms with Crippen molar-refractivity contribution >= 4 is 0 Å². The Hall–Kier alpha value is -1.55. The number of ether oxygens (including phenoxy) is 1. The van der Waals surface area contributed by atoms with Gasteiger partial charge >= 0.3 is 0 Å². The van der Waals surface area contributed by atoms with Gasteiger partial charge in [-0.1, -0.05) is 0 Å². The number of methoxy groups -OCH3 is 1. The van der Waals surface area contributed by atoms with Crippen molar-refractivity contribution in [3.8, 4) is 11.5 Å². The number of aromatic nitrogens is 2. The molecule has 0 bridgehead atoms. The first-order valence-electron chi connectivity index (χ1n) is 3.96. The summed E-state index contributed by atoms with van der Waals surface area (Å²) in [6.45, 7) is 0.546. The van der Waals surface area contributed by atoms with Crippen LogP contribution in [0.15, 0.2) is 29.3 Å². The van der Waals surface area contributed by atoms with Gasteiger partial charge in [0.15, 0.2) is 5.76 Å². The summed E-state index contributed by atoms with van der Waals surface area (Å²) in [7, 11) is 1.66. The second kappa shape index (κ2) is 3.45. The number of imidazole rings is 1. The normalized spacial score (nSPS) is 10.5. The van der Waals surface area contributed by atoms with Gasteiger partial charge in [0, 0.05) is 12.7 Å². The third-order valence-corrected chi connectivity index (χ3v) is 1.79. The monoisotopic (exact) mass is 178 g/mol. The Labute approximate surface area is 75.6 Å². The number of nitrogens with one attached hydrogen (secondary N) is 1. The second-order valence-corrected chi connectivity index (χ2v) is 2.67. The summed E-state index contributed by atoms with van der Waals surface area (Å²) in [4.78, 5) is 6.90. The molecule has 2 aromatic rings. The molecule has 2 rings (SSSR count). The molecule has 68 valence electrons. The van der Waals surface area contributed by atoms with E-state index in [4.69, 9.17) is 9.15 Å². The van der Waals surface area contributed by atoms with E-state index in [1.54, 1.807) is 25.9 Å². The molecule has 2 heterocycles. The molecule has 0 amide bonds. The maximum atomic E-state index is 5.31. The first-order valence-corrected chi connectivity index (χ1v) is 3.96. The van der Waals surface area contributed by atoms with Crippen molar-refractivity contribution in [1.29, 1.82) is 0 Å². The first kappa shape index (κ1) is 8.07. The van der Waals surface area contributed by atoms with Crippen molar-refractivity contribution in [2.24, 2.45) is 0 Å². The highest BCUT2D eigenvalue weighted by Gasteiger charge is 2.08. The van der Waals surface area contributed by atoms with E-state index in [0.29, 0.717) is 6.61 Å². The summed E-state index contributed by atoms with van der Waals surface area (Å²) < 4.78 is 10.3. The Morgan fingerprint density at radius 3 is 3.23 bits per heavy atom. The maximum Gasteiger partial charge on any atom is 0.157 e. The summed E-state index contributed by atoms with van der Waals surface area (Å²) in [6, 6.07) is 1.89. The molecular weight excluding hydrogens is 168 g/mol. The van der Waals surface area contributed by atoms with Gasteiger partial charge in [-0.3, -0.25) is 0 Å². The van der Waals surface area contributed by atoms with Crippen LogP contribution < -0.4 is 0 Å². The van der Waals surface area contributed by atoms with Crippen LogP contribution in [0.3, 0.4) is 0 Å². The van der Waals surface area contributed by atoms with Gasteiger partial charge < -0.3 is 14.1 Å². The lowest BCUT2D eigenvalue weighted by atomic mass is 10.2. The molecule has 0 aliphatic heterocycles. The standard InChI is InChI=1S/C9H10N2O2/c1-12-5-7-2-3-13-9(7)8-4-10-6-11-8/h2-4,6H,5H2,1H3,(H,10,11). The molecule has 0 unspecified atom stereocenters. The Bertz CT molecular complexity index is 365. The molecule has 0 fully saturated rings. The summed E-state index contributed by atoms with van der Waals surface area (Å²) >= 11 is 0. The van der Waals surface area contributed by atoms with E-state index < -0.39 is 0 Å². The van der Waals surface area contributed by atoms with Crippen molar-refractivity contribution in [3.63, 3.8) is 0 Å². The van der Waals surface area contributed by atoms with Crippen LogP contribution >= 0.6 is 0 Å². The molecule has 0 saturated carbocycles. The van der Waals surface area contributed by atoms with Crippen LogP contribution in [0.1, 0.15) is 5.56 Å². The van der Waals surface area contributed by atoms with E-state index in [9.17, 15) is 0 Å². The minimum absolute atomic E-state index is 0.546. The zero-order valence-electron chi connectivity index (χ0n) is 7.28. The van der Waals surface area contributed by atoms with Crippen LogP contribution in [-0.2, 0) is 11.3 Å². The van der Waals surface area contributed by atoms with Crippen LogP contribution in [0.5, 0.6) is 0 Å². The third kappa shape index (κ3) is 1.48. The number of rotatable bonds is 3. The Morgan fingerprint density at radius 1 is 1.62 bits per heavy atom. The van der Waals surface area contributed by atoms with Crippen molar-refractivity contribution in [1.82, 2.24) is 9.97 Å². The average Bonchev–Trinajstić information content (AvgIpc) is 2.71. The van der Waals surface area contributed by atoms with Crippen molar-refractivity contribution < 1.29 is 9.15 Å². The summed E-state index contributed by atoms with van der Waals surface area (Å²) in [5.41, 5.74) is 1.89. The highest BCUT2D eigenvalue weighted by molar-refractivity contribution is 5.55. The quantitative estimate of drug-likeness (QED) is 0.779.